The van der Waals surface area contributed by atoms with E-state index in [-0.39, 0.29) is 12.0 Å². The van der Waals surface area contributed by atoms with Crippen LogP contribution in [0.5, 0.6) is 5.75 Å². The lowest BCUT2D eigenvalue weighted by Crippen LogP contribution is -2.26. The summed E-state index contributed by atoms with van der Waals surface area (Å²) in [6, 6.07) is 3.85. The fourth-order valence-corrected chi connectivity index (χ4v) is 3.43. The van der Waals surface area contributed by atoms with Crippen LogP contribution in [0, 0.1) is 5.92 Å². The Morgan fingerprint density at radius 1 is 1.33 bits per heavy atom. The number of fused-ring (bicyclic) bond motifs is 1. The average molecular weight is 288 g/mol. The van der Waals surface area contributed by atoms with Gasteiger partial charge in [-0.15, -0.1) is 0 Å². The summed E-state index contributed by atoms with van der Waals surface area (Å²) in [5.74, 6) is 1.56. The van der Waals surface area contributed by atoms with Gasteiger partial charge in [0, 0.05) is 18.2 Å². The topological polar surface area (TPSA) is 64.3 Å². The third-order valence-electron chi connectivity index (χ3n) is 4.74. The summed E-state index contributed by atoms with van der Waals surface area (Å²) in [6.45, 7) is 2.25. The number of nitrogens with two attached hydrogens (primary N) is 1. The Bertz CT molecular complexity index is 542. The molecule has 1 heterocycles. The third-order valence-corrected chi connectivity index (χ3v) is 4.74. The molecule has 2 atom stereocenters. The normalized spacial score (nSPS) is 25.1. The number of nitrogens with one attached hydrogen (secondary N) is 1. The fraction of sp³-hybridized carbons (Fsp3) is 0.588. The number of benzene rings is 1. The zero-order valence-electron chi connectivity index (χ0n) is 12.7. The summed E-state index contributed by atoms with van der Waals surface area (Å²) in [7, 11) is 0. The Kier molecular flexibility index (Phi) is 4.04. The minimum atomic E-state index is 0.0712. The van der Waals surface area contributed by atoms with Crippen molar-refractivity contribution in [1.82, 2.24) is 0 Å². The van der Waals surface area contributed by atoms with Gasteiger partial charge in [-0.2, -0.15) is 0 Å². The van der Waals surface area contributed by atoms with Crippen LogP contribution >= 0.6 is 0 Å². The monoisotopic (exact) mass is 288 g/mol. The molecule has 1 aromatic rings. The van der Waals surface area contributed by atoms with Gasteiger partial charge < -0.3 is 15.8 Å². The SMILES string of the molecule is CCC1CCCC(Oc2cc3c(cc2N)CCC(=O)N3)C1. The molecular weight excluding hydrogens is 264 g/mol. The summed E-state index contributed by atoms with van der Waals surface area (Å²) in [5, 5.41) is 2.91. The van der Waals surface area contributed by atoms with Crippen LogP contribution in [0.25, 0.3) is 0 Å². The lowest BCUT2D eigenvalue weighted by Gasteiger charge is -2.30. The van der Waals surface area contributed by atoms with Gasteiger partial charge in [-0.05, 0) is 43.2 Å². The van der Waals surface area contributed by atoms with Gasteiger partial charge in [-0.3, -0.25) is 4.79 Å². The van der Waals surface area contributed by atoms with Crippen molar-refractivity contribution < 1.29 is 9.53 Å². The van der Waals surface area contributed by atoms with E-state index >= 15 is 0 Å². The summed E-state index contributed by atoms with van der Waals surface area (Å²) < 4.78 is 6.14. The van der Waals surface area contributed by atoms with Gasteiger partial charge in [-0.1, -0.05) is 19.8 Å². The first kappa shape index (κ1) is 14.2. The molecular formula is C17H24N2O2. The van der Waals surface area contributed by atoms with Crippen LogP contribution in [0.2, 0.25) is 0 Å². The number of hydrogen-bond acceptors (Lipinski definition) is 3. The van der Waals surface area contributed by atoms with E-state index < -0.39 is 0 Å². The van der Waals surface area contributed by atoms with Crippen molar-refractivity contribution in [3.8, 4) is 5.75 Å². The second kappa shape index (κ2) is 5.96. The maximum Gasteiger partial charge on any atom is 0.224 e. The second-order valence-corrected chi connectivity index (χ2v) is 6.28. The van der Waals surface area contributed by atoms with E-state index in [1.54, 1.807) is 0 Å². The van der Waals surface area contributed by atoms with E-state index in [2.05, 4.69) is 12.2 Å². The van der Waals surface area contributed by atoms with Crippen molar-refractivity contribution >= 4 is 17.3 Å². The van der Waals surface area contributed by atoms with Crippen LogP contribution < -0.4 is 15.8 Å². The molecule has 2 aliphatic rings. The molecule has 3 N–H and O–H groups in total. The predicted molar refractivity (Wildman–Crippen MR) is 84.5 cm³/mol. The van der Waals surface area contributed by atoms with Crippen molar-refractivity contribution in [2.45, 2.75) is 58.0 Å². The van der Waals surface area contributed by atoms with Gasteiger partial charge in [0.1, 0.15) is 5.75 Å². The quantitative estimate of drug-likeness (QED) is 0.837. The lowest BCUT2D eigenvalue weighted by molar-refractivity contribution is -0.116. The number of ether oxygens (including phenoxy) is 1. The first-order valence-corrected chi connectivity index (χ1v) is 8.04. The van der Waals surface area contributed by atoms with E-state index in [9.17, 15) is 4.79 Å². The second-order valence-electron chi connectivity index (χ2n) is 6.28. The maximum absolute atomic E-state index is 11.5. The standard InChI is InChI=1S/C17H24N2O2/c1-2-11-4-3-5-13(8-11)21-16-10-15-12(9-14(16)18)6-7-17(20)19-15/h9-11,13H,2-8,18H2,1H3,(H,19,20). The van der Waals surface area contributed by atoms with E-state index in [1.807, 2.05) is 12.1 Å². The zero-order valence-corrected chi connectivity index (χ0v) is 12.7. The fourth-order valence-electron chi connectivity index (χ4n) is 3.43. The minimum Gasteiger partial charge on any atom is -0.488 e. The zero-order chi connectivity index (χ0) is 14.8. The van der Waals surface area contributed by atoms with Gasteiger partial charge in [0.25, 0.3) is 0 Å². The van der Waals surface area contributed by atoms with Crippen molar-refractivity contribution in [2.75, 3.05) is 11.1 Å². The highest BCUT2D eigenvalue weighted by molar-refractivity contribution is 5.94. The number of nitrogen functional groups attached to an aromatic ring is 1. The molecule has 1 aliphatic heterocycles. The summed E-state index contributed by atoms with van der Waals surface area (Å²) in [6.07, 6.45) is 7.51. The van der Waals surface area contributed by atoms with Gasteiger partial charge >= 0.3 is 0 Å². The highest BCUT2D eigenvalue weighted by atomic mass is 16.5. The van der Waals surface area contributed by atoms with Gasteiger partial charge in [0.05, 0.1) is 11.8 Å². The van der Waals surface area contributed by atoms with E-state index in [0.29, 0.717) is 12.1 Å². The maximum atomic E-state index is 11.5. The lowest BCUT2D eigenvalue weighted by atomic mass is 9.85. The van der Waals surface area contributed by atoms with Crippen LogP contribution in [0.3, 0.4) is 0 Å². The Hall–Kier alpha value is -1.71. The molecule has 114 valence electrons. The van der Waals surface area contributed by atoms with Crippen LogP contribution in [0.1, 0.15) is 51.0 Å². The summed E-state index contributed by atoms with van der Waals surface area (Å²) in [5.41, 5.74) is 8.78. The number of carbonyl (C=O) groups excluding carboxylic acids is 1. The van der Waals surface area contributed by atoms with Gasteiger partial charge in [0.2, 0.25) is 5.91 Å². The van der Waals surface area contributed by atoms with Gasteiger partial charge in [-0.25, -0.2) is 0 Å². The van der Waals surface area contributed by atoms with Crippen molar-refractivity contribution in [3.05, 3.63) is 17.7 Å². The predicted octanol–water partition coefficient (Wildman–Crippen LogP) is 3.50. The molecule has 3 rings (SSSR count). The molecule has 21 heavy (non-hydrogen) atoms. The summed E-state index contributed by atoms with van der Waals surface area (Å²) >= 11 is 0. The molecule has 4 nitrogen and oxygen atoms in total. The first-order chi connectivity index (χ1) is 10.2. The van der Waals surface area contributed by atoms with Crippen molar-refractivity contribution in [1.29, 1.82) is 0 Å². The summed E-state index contributed by atoms with van der Waals surface area (Å²) in [4.78, 5) is 11.5. The van der Waals surface area contributed by atoms with E-state index in [0.717, 1.165) is 42.2 Å². The highest BCUT2D eigenvalue weighted by Gasteiger charge is 2.24. The molecule has 0 aromatic heterocycles. The molecule has 1 saturated carbocycles. The molecule has 1 fully saturated rings. The van der Waals surface area contributed by atoms with Crippen molar-refractivity contribution in [2.24, 2.45) is 5.92 Å². The van der Waals surface area contributed by atoms with Crippen LogP contribution in [-0.4, -0.2) is 12.0 Å². The molecule has 4 heteroatoms. The first-order valence-electron chi connectivity index (χ1n) is 8.04. The van der Waals surface area contributed by atoms with Crippen LogP contribution in [0.15, 0.2) is 12.1 Å². The molecule has 0 radical (unpaired) electrons. The number of carbonyl (C=O) groups is 1. The smallest absolute Gasteiger partial charge is 0.224 e. The number of amides is 1. The number of rotatable bonds is 3. The molecule has 0 spiro atoms. The molecule has 0 bridgehead atoms. The Morgan fingerprint density at radius 2 is 2.19 bits per heavy atom. The van der Waals surface area contributed by atoms with Crippen LogP contribution in [0.4, 0.5) is 11.4 Å². The largest absolute Gasteiger partial charge is 0.488 e. The average Bonchev–Trinajstić information content (AvgIpc) is 2.49. The van der Waals surface area contributed by atoms with Crippen molar-refractivity contribution in [3.63, 3.8) is 0 Å². The number of anilines is 2. The molecule has 1 aliphatic carbocycles. The highest BCUT2D eigenvalue weighted by Crippen LogP contribution is 2.36. The Labute approximate surface area is 126 Å². The number of aryl methyl sites for hydroxylation is 1. The van der Waals surface area contributed by atoms with Gasteiger partial charge in [0.15, 0.2) is 0 Å². The van der Waals surface area contributed by atoms with Crippen LogP contribution in [-0.2, 0) is 11.2 Å². The third kappa shape index (κ3) is 3.14. The molecule has 1 amide bonds. The molecule has 0 saturated heterocycles. The Morgan fingerprint density at radius 3 is 3.00 bits per heavy atom. The Balaban J connectivity index is 1.76. The molecule has 1 aromatic carbocycles. The minimum absolute atomic E-state index is 0.0712. The van der Waals surface area contributed by atoms with E-state index in [4.69, 9.17) is 10.5 Å². The van der Waals surface area contributed by atoms with E-state index in [1.165, 1.54) is 19.3 Å². The number of hydrogen-bond donors (Lipinski definition) is 2. The molecule has 2 unspecified atom stereocenters.